The standard InChI is InChI=1S/C27H52N4O12P2/c1-26(2,3)17-27(4,5)13-22(34)29-11-8-7-9-19(14-32)15-41-45(38,39)43-24-20(16-40-44(36)37)42-25(23(24)35)31(6)12-10-21(28)30-18-33/h10,12,18-20,23-25,32,35-37H,7-9,11,13-17H2,1-6H3,(H,29,34)(H,38,39)(H2,28,30,33)/b12-10-. The van der Waals surface area contributed by atoms with Crippen LogP contribution in [0.1, 0.15) is 66.7 Å². The number of carbonyl (C=O) groups excluding carboxylic acids is 2. The van der Waals surface area contributed by atoms with E-state index >= 15 is 0 Å². The van der Waals surface area contributed by atoms with Crippen molar-refractivity contribution in [2.75, 3.05) is 33.4 Å². The molecule has 16 nitrogen and oxygen atoms in total. The van der Waals surface area contributed by atoms with Gasteiger partial charge >= 0.3 is 16.4 Å². The van der Waals surface area contributed by atoms with Crippen molar-refractivity contribution in [2.45, 2.75) is 91.3 Å². The topological polar surface area (TPSA) is 243 Å². The number of nitrogens with two attached hydrogens (primary N) is 1. The van der Waals surface area contributed by atoms with E-state index in [0.717, 1.165) is 6.42 Å². The fourth-order valence-electron chi connectivity index (χ4n) is 5.24. The molecule has 0 bridgehead atoms. The van der Waals surface area contributed by atoms with E-state index in [1.54, 1.807) is 0 Å². The zero-order valence-electron chi connectivity index (χ0n) is 26.9. The summed E-state index contributed by atoms with van der Waals surface area (Å²) in [5, 5.41) is 23.5. The number of amidine groups is 1. The second-order valence-corrected chi connectivity index (χ2v) is 15.2. The fraction of sp³-hybridized carbons (Fsp3) is 0.815. The molecule has 1 saturated heterocycles. The van der Waals surface area contributed by atoms with Crippen molar-refractivity contribution in [3.63, 3.8) is 0 Å². The number of hydrogen-bond acceptors (Lipinski definition) is 12. The second kappa shape index (κ2) is 19.3. The summed E-state index contributed by atoms with van der Waals surface area (Å²) in [5.74, 6) is -0.661. The number of aliphatic imine (C=N–C) groups is 1. The molecule has 0 aromatic heterocycles. The summed E-state index contributed by atoms with van der Waals surface area (Å²) in [6, 6.07) is 0. The van der Waals surface area contributed by atoms with Gasteiger partial charge in [0.2, 0.25) is 12.3 Å². The molecule has 6 unspecified atom stereocenters. The molecule has 6 atom stereocenters. The number of amides is 2. The maximum atomic E-state index is 12.8. The zero-order chi connectivity index (χ0) is 34.4. The minimum absolute atomic E-state index is 0.0265. The van der Waals surface area contributed by atoms with Crippen LogP contribution in [-0.2, 0) is 32.5 Å². The van der Waals surface area contributed by atoms with Gasteiger partial charge in [0.05, 0.1) is 13.2 Å². The third-order valence-corrected chi connectivity index (χ3v) is 8.11. The molecule has 1 heterocycles. The maximum Gasteiger partial charge on any atom is 0.472 e. The summed E-state index contributed by atoms with van der Waals surface area (Å²) in [6.07, 6.45) is 0.410. The molecule has 0 spiro atoms. The molecule has 1 aliphatic rings. The Morgan fingerprint density at radius 3 is 2.49 bits per heavy atom. The maximum absolute atomic E-state index is 12.8. The van der Waals surface area contributed by atoms with Crippen LogP contribution in [0.4, 0.5) is 0 Å². The highest BCUT2D eigenvalue weighted by molar-refractivity contribution is 7.47. The van der Waals surface area contributed by atoms with E-state index in [4.69, 9.17) is 33.8 Å². The van der Waals surface area contributed by atoms with Crippen molar-refractivity contribution >= 4 is 34.6 Å². The number of nitrogens with one attached hydrogen (secondary N) is 1. The number of phosphoric ester groups is 1. The number of rotatable bonds is 21. The van der Waals surface area contributed by atoms with E-state index in [2.05, 4.69) is 44.9 Å². The molecular formula is C27H52N4O12P2. The number of nitrogens with zero attached hydrogens (tertiary/aromatic N) is 2. The molecule has 262 valence electrons. The quantitative estimate of drug-likeness (QED) is 0.0298. The molecule has 0 aromatic rings. The second-order valence-electron chi connectivity index (χ2n) is 13.1. The molecule has 18 heteroatoms. The van der Waals surface area contributed by atoms with Gasteiger partial charge in [-0.2, -0.15) is 4.99 Å². The highest BCUT2D eigenvalue weighted by Crippen LogP contribution is 2.48. The van der Waals surface area contributed by atoms with E-state index in [9.17, 15) is 29.3 Å². The van der Waals surface area contributed by atoms with Gasteiger partial charge in [-0.1, -0.05) is 41.0 Å². The number of phosphoric acid groups is 1. The van der Waals surface area contributed by atoms with E-state index in [-0.39, 0.29) is 42.2 Å². The van der Waals surface area contributed by atoms with Gasteiger partial charge in [0.1, 0.15) is 24.1 Å². The number of aliphatic hydroxyl groups excluding tert-OH is 2. The lowest BCUT2D eigenvalue weighted by Gasteiger charge is -2.31. The minimum Gasteiger partial charge on any atom is -0.396 e. The predicted octanol–water partition coefficient (Wildman–Crippen LogP) is 1.51. The number of aliphatic hydroxyl groups is 2. The first-order valence-electron chi connectivity index (χ1n) is 14.6. The molecule has 0 aromatic carbocycles. The van der Waals surface area contributed by atoms with Gasteiger partial charge in [-0.25, -0.2) is 4.57 Å². The van der Waals surface area contributed by atoms with Crippen LogP contribution in [0.5, 0.6) is 0 Å². The molecule has 1 fully saturated rings. The molecule has 0 saturated carbocycles. The van der Waals surface area contributed by atoms with Crippen LogP contribution in [-0.4, -0.2) is 106 Å². The highest BCUT2D eigenvalue weighted by Gasteiger charge is 2.49. The van der Waals surface area contributed by atoms with Gasteiger partial charge in [-0.3, -0.25) is 18.6 Å². The predicted molar refractivity (Wildman–Crippen MR) is 167 cm³/mol. The molecule has 0 aliphatic carbocycles. The Kier molecular flexibility index (Phi) is 17.8. The smallest absolute Gasteiger partial charge is 0.396 e. The Morgan fingerprint density at radius 2 is 1.91 bits per heavy atom. The van der Waals surface area contributed by atoms with Crippen molar-refractivity contribution < 1.29 is 57.4 Å². The van der Waals surface area contributed by atoms with Crippen LogP contribution in [0.25, 0.3) is 0 Å². The third-order valence-electron chi connectivity index (χ3n) is 6.74. The largest absolute Gasteiger partial charge is 0.472 e. The summed E-state index contributed by atoms with van der Waals surface area (Å²) in [7, 11) is -6.14. The van der Waals surface area contributed by atoms with Crippen LogP contribution in [0.3, 0.4) is 0 Å². The van der Waals surface area contributed by atoms with Gasteiger partial charge < -0.3 is 50.1 Å². The first-order chi connectivity index (χ1) is 20.8. The van der Waals surface area contributed by atoms with Crippen LogP contribution < -0.4 is 11.1 Å². The van der Waals surface area contributed by atoms with Crippen molar-refractivity contribution in [3.8, 4) is 0 Å². The van der Waals surface area contributed by atoms with Crippen LogP contribution in [0.15, 0.2) is 17.3 Å². The monoisotopic (exact) mass is 686 g/mol. The Labute approximate surface area is 266 Å². The Hall–Kier alpha value is -1.55. The molecular weight excluding hydrogens is 634 g/mol. The average Bonchev–Trinajstić information content (AvgIpc) is 3.20. The van der Waals surface area contributed by atoms with Gasteiger partial charge in [0.15, 0.2) is 6.23 Å². The molecule has 45 heavy (non-hydrogen) atoms. The first-order valence-corrected chi connectivity index (χ1v) is 17.3. The lowest BCUT2D eigenvalue weighted by atomic mass is 9.74. The molecule has 1 aliphatic heterocycles. The number of unbranched alkanes of at least 4 members (excludes halogenated alkanes) is 1. The molecule has 0 radical (unpaired) electrons. The number of ether oxygens (including phenoxy) is 1. The SMILES string of the molecule is CN(/C=C\C(N)=NC=O)C1OC(COP(O)O)C(OP(=O)(O)OCC(CO)CCCCNC(=O)CC(C)(C)CC(C)(C)C)C1O. The Morgan fingerprint density at radius 1 is 1.24 bits per heavy atom. The summed E-state index contributed by atoms with van der Waals surface area (Å²) < 4.78 is 33.6. The van der Waals surface area contributed by atoms with E-state index < -0.39 is 53.5 Å². The fourth-order valence-corrected chi connectivity index (χ4v) is 6.54. The van der Waals surface area contributed by atoms with Crippen LogP contribution >= 0.6 is 16.4 Å². The van der Waals surface area contributed by atoms with Crippen molar-refractivity contribution in [3.05, 3.63) is 12.3 Å². The van der Waals surface area contributed by atoms with E-state index in [1.165, 1.54) is 24.2 Å². The molecule has 2 amide bonds. The lowest BCUT2D eigenvalue weighted by molar-refractivity contribution is -0.123. The van der Waals surface area contributed by atoms with Crippen molar-refractivity contribution in [1.29, 1.82) is 0 Å². The van der Waals surface area contributed by atoms with Gasteiger partial charge in [0, 0.05) is 38.7 Å². The number of hydrogen-bond donors (Lipinski definition) is 7. The summed E-state index contributed by atoms with van der Waals surface area (Å²) in [4.78, 5) is 56.2. The van der Waals surface area contributed by atoms with Crippen molar-refractivity contribution in [1.82, 2.24) is 10.2 Å². The summed E-state index contributed by atoms with van der Waals surface area (Å²) >= 11 is 0. The minimum atomic E-state index is -4.82. The van der Waals surface area contributed by atoms with Gasteiger partial charge in [0.25, 0.3) is 0 Å². The molecule has 1 rings (SSSR count). The highest BCUT2D eigenvalue weighted by atomic mass is 31.2. The number of likely N-dealkylation sites (N-methyl/N-ethyl adjacent to an activating group) is 1. The van der Waals surface area contributed by atoms with Crippen LogP contribution in [0, 0.1) is 16.7 Å². The third kappa shape index (κ3) is 17.3. The summed E-state index contributed by atoms with van der Waals surface area (Å²) in [6.45, 7) is 9.86. The van der Waals surface area contributed by atoms with Crippen LogP contribution in [0.2, 0.25) is 0 Å². The van der Waals surface area contributed by atoms with E-state index in [0.29, 0.717) is 32.2 Å². The Bertz CT molecular complexity index is 1020. The number of carbonyl (C=O) groups is 2. The average molecular weight is 687 g/mol. The molecule has 8 N–H and O–H groups in total. The Balaban J connectivity index is 2.66. The van der Waals surface area contributed by atoms with Gasteiger partial charge in [-0.15, -0.1) is 0 Å². The van der Waals surface area contributed by atoms with Gasteiger partial charge in [-0.05, 0) is 36.2 Å². The van der Waals surface area contributed by atoms with E-state index in [1.807, 2.05) is 0 Å². The first kappa shape index (κ1) is 41.5. The zero-order valence-corrected chi connectivity index (χ0v) is 28.7. The lowest BCUT2D eigenvalue weighted by Crippen LogP contribution is -2.41. The summed E-state index contributed by atoms with van der Waals surface area (Å²) in [5.41, 5.74) is 5.51. The van der Waals surface area contributed by atoms with Crippen molar-refractivity contribution in [2.24, 2.45) is 27.5 Å². The normalized spacial score (nSPS) is 23.3.